The molecule has 0 aromatic carbocycles. The van der Waals surface area contributed by atoms with E-state index in [9.17, 15) is 0 Å². The molecule has 0 aromatic rings. The van der Waals surface area contributed by atoms with Crippen molar-refractivity contribution < 1.29 is 9.47 Å². The second-order valence-electron chi connectivity index (χ2n) is 7.99. The molecule has 5 nitrogen and oxygen atoms in total. The molecule has 24 heavy (non-hydrogen) atoms. The number of nitrogens with zero attached hydrogens (tertiary/aromatic N) is 1. The lowest BCUT2D eigenvalue weighted by molar-refractivity contribution is -0.168. The van der Waals surface area contributed by atoms with Crippen LogP contribution in [-0.4, -0.2) is 52.0 Å². The highest BCUT2D eigenvalue weighted by Crippen LogP contribution is 2.57. The van der Waals surface area contributed by atoms with Gasteiger partial charge in [0.2, 0.25) is 0 Å². The fraction of sp³-hybridized carbons (Fsp3) is 0.947. The number of guanidine groups is 1. The highest BCUT2D eigenvalue weighted by Gasteiger charge is 2.59. The number of methoxy groups -OCH3 is 1. The van der Waals surface area contributed by atoms with E-state index in [-0.39, 0.29) is 0 Å². The third-order valence-corrected chi connectivity index (χ3v) is 6.85. The minimum Gasteiger partial charge on any atom is -0.385 e. The Labute approximate surface area is 147 Å². The van der Waals surface area contributed by atoms with E-state index >= 15 is 0 Å². The summed E-state index contributed by atoms with van der Waals surface area (Å²) in [6.45, 7) is 4.79. The van der Waals surface area contributed by atoms with Gasteiger partial charge in [0.05, 0.1) is 6.10 Å². The first-order chi connectivity index (χ1) is 11.7. The van der Waals surface area contributed by atoms with Gasteiger partial charge in [-0.2, -0.15) is 0 Å². The van der Waals surface area contributed by atoms with Crippen molar-refractivity contribution in [2.45, 2.75) is 70.4 Å². The van der Waals surface area contributed by atoms with Crippen molar-refractivity contribution >= 4 is 5.96 Å². The quantitative estimate of drug-likeness (QED) is 0.528. The molecule has 0 aromatic heterocycles. The average molecular weight is 338 g/mol. The van der Waals surface area contributed by atoms with Crippen molar-refractivity contribution in [2.24, 2.45) is 15.8 Å². The van der Waals surface area contributed by atoms with E-state index < -0.39 is 0 Å². The predicted octanol–water partition coefficient (Wildman–Crippen LogP) is 2.71. The van der Waals surface area contributed by atoms with Crippen LogP contribution in [0.2, 0.25) is 0 Å². The maximum absolute atomic E-state index is 5.95. The van der Waals surface area contributed by atoms with Gasteiger partial charge < -0.3 is 20.1 Å². The zero-order valence-corrected chi connectivity index (χ0v) is 15.7. The summed E-state index contributed by atoms with van der Waals surface area (Å²) >= 11 is 0. The van der Waals surface area contributed by atoms with Crippen LogP contribution in [0.3, 0.4) is 0 Å². The first-order valence-corrected chi connectivity index (χ1v) is 9.76. The zero-order valence-electron chi connectivity index (χ0n) is 15.7. The summed E-state index contributed by atoms with van der Waals surface area (Å²) in [5.74, 6) is 0.963. The molecule has 3 rings (SSSR count). The van der Waals surface area contributed by atoms with Crippen LogP contribution in [0.5, 0.6) is 0 Å². The fourth-order valence-corrected chi connectivity index (χ4v) is 4.78. The fourth-order valence-electron chi connectivity index (χ4n) is 4.78. The summed E-state index contributed by atoms with van der Waals surface area (Å²) in [6, 6.07) is 0.519. The molecule has 0 aliphatic heterocycles. The molecule has 2 unspecified atom stereocenters. The van der Waals surface area contributed by atoms with Crippen molar-refractivity contribution in [3.63, 3.8) is 0 Å². The Hall–Kier alpha value is -0.810. The van der Waals surface area contributed by atoms with Crippen molar-refractivity contribution in [1.29, 1.82) is 0 Å². The average Bonchev–Trinajstić information content (AvgIpc) is 2.48. The largest absolute Gasteiger partial charge is 0.385 e. The van der Waals surface area contributed by atoms with Gasteiger partial charge in [0.25, 0.3) is 0 Å². The zero-order chi connectivity index (χ0) is 17.0. The van der Waals surface area contributed by atoms with Gasteiger partial charge >= 0.3 is 0 Å². The molecular weight excluding hydrogens is 302 g/mol. The van der Waals surface area contributed by atoms with Crippen molar-refractivity contribution in [1.82, 2.24) is 10.6 Å². The number of ether oxygens (including phenoxy) is 2. The van der Waals surface area contributed by atoms with E-state index in [4.69, 9.17) is 9.47 Å². The molecule has 0 heterocycles. The van der Waals surface area contributed by atoms with E-state index in [1.165, 1.54) is 38.5 Å². The topological polar surface area (TPSA) is 54.9 Å². The van der Waals surface area contributed by atoms with Crippen LogP contribution >= 0.6 is 0 Å². The van der Waals surface area contributed by atoms with Gasteiger partial charge in [0.15, 0.2) is 5.96 Å². The molecule has 3 fully saturated rings. The van der Waals surface area contributed by atoms with Crippen molar-refractivity contribution in [2.75, 3.05) is 33.9 Å². The lowest BCUT2D eigenvalue weighted by atomic mass is 9.51. The highest BCUT2D eigenvalue weighted by molar-refractivity contribution is 5.80. The Morgan fingerprint density at radius 2 is 1.96 bits per heavy atom. The predicted molar refractivity (Wildman–Crippen MR) is 97.4 cm³/mol. The molecular formula is C19H35N3O2. The van der Waals surface area contributed by atoms with E-state index in [0.717, 1.165) is 38.6 Å². The number of nitrogens with one attached hydrogen (secondary N) is 2. The van der Waals surface area contributed by atoms with E-state index in [1.54, 1.807) is 7.11 Å². The molecule has 2 atom stereocenters. The maximum atomic E-state index is 5.95. The van der Waals surface area contributed by atoms with Gasteiger partial charge in [-0.25, -0.2) is 0 Å². The van der Waals surface area contributed by atoms with Crippen LogP contribution in [0, 0.1) is 10.8 Å². The summed E-state index contributed by atoms with van der Waals surface area (Å²) in [5, 5.41) is 7.28. The van der Waals surface area contributed by atoms with Gasteiger partial charge in [-0.1, -0.05) is 12.8 Å². The molecule has 2 N–H and O–H groups in total. The molecule has 0 bridgehead atoms. The summed E-state index contributed by atoms with van der Waals surface area (Å²) in [5.41, 5.74) is 0.785. The molecule has 3 aliphatic rings. The number of hydrogen-bond donors (Lipinski definition) is 2. The minimum atomic E-state index is 0.373. The normalized spacial score (nSPS) is 30.2. The van der Waals surface area contributed by atoms with Gasteiger partial charge in [0.1, 0.15) is 0 Å². The van der Waals surface area contributed by atoms with Crippen molar-refractivity contribution in [3.8, 4) is 0 Å². The second-order valence-corrected chi connectivity index (χ2v) is 7.99. The molecule has 1 spiro atoms. The molecule has 0 radical (unpaired) electrons. The molecule has 3 saturated carbocycles. The van der Waals surface area contributed by atoms with Gasteiger partial charge in [-0.05, 0) is 50.9 Å². The first kappa shape index (κ1) is 18.0. The Kier molecular flexibility index (Phi) is 5.70. The Morgan fingerprint density at radius 1 is 1.21 bits per heavy atom. The SMILES string of the molecule is CCOC1CC(NC(=NC)NCC2(CCOC)CCC2)C12CCC2. The van der Waals surface area contributed by atoms with Crippen LogP contribution in [0.25, 0.3) is 0 Å². The number of aliphatic imine (C=N–C) groups is 1. The smallest absolute Gasteiger partial charge is 0.191 e. The minimum absolute atomic E-state index is 0.373. The van der Waals surface area contributed by atoms with Gasteiger partial charge in [0, 0.05) is 45.4 Å². The van der Waals surface area contributed by atoms with Gasteiger partial charge in [-0.15, -0.1) is 0 Å². The Bertz CT molecular complexity index is 444. The Morgan fingerprint density at radius 3 is 2.46 bits per heavy atom. The van der Waals surface area contributed by atoms with E-state index in [2.05, 4.69) is 22.5 Å². The summed E-state index contributed by atoms with van der Waals surface area (Å²) in [6.07, 6.45) is 10.6. The van der Waals surface area contributed by atoms with E-state index in [1.807, 2.05) is 7.05 Å². The lowest BCUT2D eigenvalue weighted by Crippen LogP contribution is -2.68. The monoisotopic (exact) mass is 337 g/mol. The second kappa shape index (κ2) is 7.61. The standard InChI is InChI=1S/C19H35N3O2/c1-4-24-16-13-15(19(16)9-6-10-19)22-17(20-2)21-14-18(7-5-8-18)11-12-23-3/h15-16H,4-14H2,1-3H3,(H2,20,21,22). The summed E-state index contributed by atoms with van der Waals surface area (Å²) < 4.78 is 11.2. The molecule has 0 saturated heterocycles. The summed E-state index contributed by atoms with van der Waals surface area (Å²) in [7, 11) is 3.67. The maximum Gasteiger partial charge on any atom is 0.191 e. The lowest BCUT2D eigenvalue weighted by Gasteiger charge is -2.61. The van der Waals surface area contributed by atoms with Crippen LogP contribution in [0.15, 0.2) is 4.99 Å². The van der Waals surface area contributed by atoms with Crippen molar-refractivity contribution in [3.05, 3.63) is 0 Å². The van der Waals surface area contributed by atoms with Crippen LogP contribution in [0.4, 0.5) is 0 Å². The highest BCUT2D eigenvalue weighted by atomic mass is 16.5. The molecule has 0 amide bonds. The third kappa shape index (κ3) is 3.30. The van der Waals surface area contributed by atoms with Crippen LogP contribution in [-0.2, 0) is 9.47 Å². The van der Waals surface area contributed by atoms with E-state index in [0.29, 0.717) is 23.0 Å². The molecule has 3 aliphatic carbocycles. The molecule has 5 heteroatoms. The first-order valence-electron chi connectivity index (χ1n) is 9.76. The van der Waals surface area contributed by atoms with Gasteiger partial charge in [-0.3, -0.25) is 4.99 Å². The molecule has 138 valence electrons. The van der Waals surface area contributed by atoms with Crippen LogP contribution in [0.1, 0.15) is 58.3 Å². The van der Waals surface area contributed by atoms with Crippen LogP contribution < -0.4 is 10.6 Å². The Balaban J connectivity index is 1.49. The number of rotatable bonds is 8. The third-order valence-electron chi connectivity index (χ3n) is 6.85. The summed E-state index contributed by atoms with van der Waals surface area (Å²) in [4.78, 5) is 4.47. The number of hydrogen-bond acceptors (Lipinski definition) is 3.